The van der Waals surface area contributed by atoms with Crippen molar-refractivity contribution in [3.05, 3.63) is 65.4 Å². The van der Waals surface area contributed by atoms with Crippen LogP contribution >= 0.6 is 0 Å². The number of methoxy groups -OCH3 is 3. The highest BCUT2D eigenvalue weighted by Gasteiger charge is 2.42. The molecule has 8 nitrogen and oxygen atoms in total. The van der Waals surface area contributed by atoms with Gasteiger partial charge in [-0.1, -0.05) is 19.1 Å². The molecule has 2 aromatic rings. The predicted molar refractivity (Wildman–Crippen MR) is 121 cm³/mol. The number of hydrogen-bond acceptors (Lipinski definition) is 8. The number of nitrogens with zero attached hydrogens (tertiary/aromatic N) is 3. The van der Waals surface area contributed by atoms with Gasteiger partial charge in [0.2, 0.25) is 5.96 Å². The first kappa shape index (κ1) is 21.4. The summed E-state index contributed by atoms with van der Waals surface area (Å²) < 4.78 is 15.1. The zero-order chi connectivity index (χ0) is 22.8. The number of ether oxygens (including phenoxy) is 3. The number of anilines is 2. The van der Waals surface area contributed by atoms with Gasteiger partial charge in [0.15, 0.2) is 0 Å². The zero-order valence-electron chi connectivity index (χ0n) is 18.5. The first-order valence-corrected chi connectivity index (χ1v) is 10.3. The molecule has 0 N–H and O–H groups in total. The third-order valence-electron chi connectivity index (χ3n) is 5.70. The maximum atomic E-state index is 12.4. The molecule has 2 aromatic carbocycles. The van der Waals surface area contributed by atoms with E-state index in [4.69, 9.17) is 14.2 Å². The van der Waals surface area contributed by atoms with Crippen LogP contribution in [-0.2, 0) is 20.8 Å². The summed E-state index contributed by atoms with van der Waals surface area (Å²) in [5, 5.41) is 0. The van der Waals surface area contributed by atoms with Gasteiger partial charge >= 0.3 is 11.9 Å². The van der Waals surface area contributed by atoms with E-state index in [1.165, 1.54) is 14.2 Å². The Balaban J connectivity index is 1.81. The summed E-state index contributed by atoms with van der Waals surface area (Å²) >= 11 is 0. The molecule has 0 saturated heterocycles. The second kappa shape index (κ2) is 8.74. The Labute approximate surface area is 186 Å². The van der Waals surface area contributed by atoms with Crippen molar-refractivity contribution in [3.8, 4) is 5.75 Å². The summed E-state index contributed by atoms with van der Waals surface area (Å²) in [5.41, 5.74) is 3.65. The molecule has 0 aliphatic carbocycles. The van der Waals surface area contributed by atoms with Crippen molar-refractivity contribution in [1.82, 2.24) is 0 Å². The van der Waals surface area contributed by atoms with Crippen molar-refractivity contribution in [2.24, 2.45) is 4.99 Å². The molecular formula is C24H25N3O5. The van der Waals surface area contributed by atoms with Crippen LogP contribution < -0.4 is 14.5 Å². The fourth-order valence-electron chi connectivity index (χ4n) is 4.11. The van der Waals surface area contributed by atoms with Crippen LogP contribution in [0.1, 0.15) is 29.3 Å². The highest BCUT2D eigenvalue weighted by molar-refractivity contribution is 6.19. The van der Waals surface area contributed by atoms with Gasteiger partial charge in [-0.15, -0.1) is 0 Å². The topological polar surface area (TPSA) is 80.7 Å². The first-order valence-electron chi connectivity index (χ1n) is 10.3. The molecule has 0 radical (unpaired) electrons. The minimum atomic E-state index is -0.423. The number of benzene rings is 2. The summed E-state index contributed by atoms with van der Waals surface area (Å²) in [6.45, 7) is 2.56. The minimum absolute atomic E-state index is 0.275. The molecule has 0 spiro atoms. The van der Waals surface area contributed by atoms with Gasteiger partial charge < -0.3 is 24.0 Å². The lowest BCUT2D eigenvalue weighted by Gasteiger charge is -2.33. The van der Waals surface area contributed by atoms with E-state index in [0.29, 0.717) is 30.1 Å². The van der Waals surface area contributed by atoms with Crippen LogP contribution in [0.2, 0.25) is 0 Å². The van der Waals surface area contributed by atoms with E-state index in [1.54, 1.807) is 25.4 Å². The van der Waals surface area contributed by atoms with Crippen LogP contribution in [0.5, 0.6) is 5.75 Å². The molecule has 0 fully saturated rings. The Kier molecular flexibility index (Phi) is 5.85. The van der Waals surface area contributed by atoms with Gasteiger partial charge in [0, 0.05) is 6.20 Å². The quantitative estimate of drug-likeness (QED) is 0.642. The number of hydrogen-bond donors (Lipinski definition) is 0. The van der Waals surface area contributed by atoms with Gasteiger partial charge in [-0.2, -0.15) is 0 Å². The van der Waals surface area contributed by atoms with E-state index in [0.717, 1.165) is 22.7 Å². The van der Waals surface area contributed by atoms with Gasteiger partial charge in [-0.25, -0.2) is 14.6 Å². The van der Waals surface area contributed by atoms with Crippen molar-refractivity contribution in [2.75, 3.05) is 31.1 Å². The summed E-state index contributed by atoms with van der Waals surface area (Å²) in [6.07, 6.45) is 2.23. The molecule has 4 rings (SSSR count). The SMILES string of the molecule is CCC1C(C(=O)OC)=CN=C2N(Cc3ccc(OC)cc3)c3ccc(C(=O)OC)cc3N21. The maximum absolute atomic E-state index is 12.4. The molecule has 1 unspecified atom stereocenters. The van der Waals surface area contributed by atoms with Crippen LogP contribution in [0.3, 0.4) is 0 Å². The molecule has 2 heterocycles. The molecule has 2 aliphatic rings. The largest absolute Gasteiger partial charge is 0.497 e. The van der Waals surface area contributed by atoms with Crippen LogP contribution in [0.15, 0.2) is 59.2 Å². The standard InChI is InChI=1S/C24H25N3O5/c1-5-19-18(23(29)32-4)13-25-24-26(14-15-6-9-17(30-2)10-7-15)20-11-8-16(22(28)31-3)12-21(20)27(19)24/h6-13,19H,5,14H2,1-4H3. The molecule has 0 saturated carbocycles. The second-order valence-corrected chi connectivity index (χ2v) is 7.43. The van der Waals surface area contributed by atoms with E-state index < -0.39 is 11.9 Å². The minimum Gasteiger partial charge on any atom is -0.497 e. The molecule has 32 heavy (non-hydrogen) atoms. The summed E-state index contributed by atoms with van der Waals surface area (Å²) in [4.78, 5) is 33.3. The fourth-order valence-corrected chi connectivity index (χ4v) is 4.11. The predicted octanol–water partition coefficient (Wildman–Crippen LogP) is 3.51. The Hall–Kier alpha value is -3.81. The fraction of sp³-hybridized carbons (Fsp3) is 0.292. The number of carbonyl (C=O) groups is 2. The van der Waals surface area contributed by atoms with E-state index in [-0.39, 0.29) is 6.04 Å². The molecule has 2 aliphatic heterocycles. The molecule has 8 heteroatoms. The number of guanidine groups is 1. The molecule has 166 valence electrons. The van der Waals surface area contributed by atoms with Gasteiger partial charge in [0.25, 0.3) is 0 Å². The highest BCUT2D eigenvalue weighted by Crippen LogP contribution is 2.43. The third kappa shape index (κ3) is 3.57. The average Bonchev–Trinajstić information content (AvgIpc) is 3.15. The summed E-state index contributed by atoms with van der Waals surface area (Å²) in [5.74, 6) is 0.636. The van der Waals surface area contributed by atoms with Crippen LogP contribution in [0, 0.1) is 0 Å². The molecule has 0 bridgehead atoms. The van der Waals surface area contributed by atoms with E-state index in [1.807, 2.05) is 42.2 Å². The Morgan fingerprint density at radius 3 is 2.31 bits per heavy atom. The lowest BCUT2D eigenvalue weighted by atomic mass is 10.0. The zero-order valence-corrected chi connectivity index (χ0v) is 18.5. The van der Waals surface area contributed by atoms with Crippen LogP contribution in [-0.4, -0.2) is 45.3 Å². The summed E-state index contributed by atoms with van der Waals surface area (Å²) in [7, 11) is 4.35. The molecule has 1 atom stereocenters. The van der Waals surface area contributed by atoms with Gasteiger partial charge in [0.05, 0.1) is 56.4 Å². The summed E-state index contributed by atoms with van der Waals surface area (Å²) in [6, 6.07) is 13.0. The van der Waals surface area contributed by atoms with Crippen LogP contribution in [0.25, 0.3) is 0 Å². The van der Waals surface area contributed by atoms with Crippen molar-refractivity contribution in [3.63, 3.8) is 0 Å². The molecule has 0 aromatic heterocycles. The lowest BCUT2D eigenvalue weighted by molar-refractivity contribution is -0.136. The second-order valence-electron chi connectivity index (χ2n) is 7.43. The Morgan fingerprint density at radius 2 is 1.69 bits per heavy atom. The Bertz CT molecular complexity index is 1110. The van der Waals surface area contributed by atoms with Gasteiger partial charge in [-0.05, 0) is 42.3 Å². The normalized spacial score (nSPS) is 16.6. The van der Waals surface area contributed by atoms with Gasteiger partial charge in [0.1, 0.15) is 5.75 Å². The number of carbonyl (C=O) groups excluding carboxylic acids is 2. The van der Waals surface area contributed by atoms with Gasteiger partial charge in [-0.3, -0.25) is 0 Å². The monoisotopic (exact) mass is 435 g/mol. The number of rotatable bonds is 6. The van der Waals surface area contributed by atoms with E-state index >= 15 is 0 Å². The van der Waals surface area contributed by atoms with Crippen molar-refractivity contribution >= 4 is 29.3 Å². The number of fused-ring (bicyclic) bond motifs is 3. The third-order valence-corrected chi connectivity index (χ3v) is 5.70. The highest BCUT2D eigenvalue weighted by atomic mass is 16.5. The first-order chi connectivity index (χ1) is 15.5. The van der Waals surface area contributed by atoms with Crippen molar-refractivity contribution in [1.29, 1.82) is 0 Å². The molecular weight excluding hydrogens is 410 g/mol. The Morgan fingerprint density at radius 1 is 0.969 bits per heavy atom. The average molecular weight is 435 g/mol. The number of esters is 2. The maximum Gasteiger partial charge on any atom is 0.337 e. The van der Waals surface area contributed by atoms with Crippen LogP contribution in [0.4, 0.5) is 11.4 Å². The number of aliphatic imine (C=N–C) groups is 1. The van der Waals surface area contributed by atoms with Crippen molar-refractivity contribution in [2.45, 2.75) is 25.9 Å². The molecule has 0 amide bonds. The van der Waals surface area contributed by atoms with Crippen molar-refractivity contribution < 1.29 is 23.8 Å². The van der Waals surface area contributed by atoms with E-state index in [2.05, 4.69) is 9.89 Å². The van der Waals surface area contributed by atoms with E-state index in [9.17, 15) is 9.59 Å². The smallest absolute Gasteiger partial charge is 0.337 e. The lowest BCUT2D eigenvalue weighted by Crippen LogP contribution is -2.48.